The molecule has 0 aromatic rings. The topological polar surface area (TPSA) is 50.4 Å². The molecular formula is C6H9F2N3. The van der Waals surface area contributed by atoms with Crippen molar-refractivity contribution in [1.29, 1.82) is 0 Å². The molecule has 0 unspecified atom stereocenters. The van der Waals surface area contributed by atoms with Gasteiger partial charge in [0.2, 0.25) is 0 Å². The predicted octanol–water partition coefficient (Wildman–Crippen LogP) is 0.815. The van der Waals surface area contributed by atoms with Crippen molar-refractivity contribution in [2.45, 2.75) is 0 Å². The molecule has 0 heterocycles. The van der Waals surface area contributed by atoms with Gasteiger partial charge in [-0.2, -0.15) is 9.38 Å². The molecule has 0 saturated heterocycles. The van der Waals surface area contributed by atoms with Crippen molar-refractivity contribution in [2.75, 3.05) is 7.05 Å². The molecule has 0 aromatic heterocycles. The van der Waals surface area contributed by atoms with Crippen molar-refractivity contribution in [1.82, 2.24) is 5.32 Å². The number of rotatable bonds is 3. The zero-order valence-electron chi connectivity index (χ0n) is 6.06. The van der Waals surface area contributed by atoms with Crippen LogP contribution in [0.4, 0.5) is 8.78 Å². The highest BCUT2D eigenvalue weighted by Gasteiger charge is 1.93. The fraction of sp³-hybridized carbons (Fsp3) is 0.167. The molecule has 0 spiro atoms. The van der Waals surface area contributed by atoms with Crippen molar-refractivity contribution in [3.63, 3.8) is 0 Å². The number of nitrogens with two attached hydrogens (primary N) is 1. The molecule has 0 fully saturated rings. The fourth-order valence-corrected chi connectivity index (χ4v) is 0.424. The van der Waals surface area contributed by atoms with E-state index in [-0.39, 0.29) is 5.82 Å². The Bertz CT molecular complexity index is 204. The van der Waals surface area contributed by atoms with Crippen molar-refractivity contribution in [3.8, 4) is 0 Å². The van der Waals surface area contributed by atoms with E-state index in [4.69, 9.17) is 0 Å². The standard InChI is InChI=1S/C6H9F2N3/c1-4(7)3-5(10-2)11-6(8)9/h3,10H,1H2,2H3,(H2,9,11)/b5-3-. The van der Waals surface area contributed by atoms with E-state index in [0.717, 1.165) is 6.08 Å². The average Bonchev–Trinajstić information content (AvgIpc) is 1.84. The fourth-order valence-electron chi connectivity index (χ4n) is 0.424. The molecule has 0 radical (unpaired) electrons. The van der Waals surface area contributed by atoms with Gasteiger partial charge in [0.1, 0.15) is 11.6 Å². The molecule has 3 nitrogen and oxygen atoms in total. The van der Waals surface area contributed by atoms with Gasteiger partial charge in [0.15, 0.2) is 0 Å². The molecule has 0 aliphatic heterocycles. The second kappa shape index (κ2) is 4.43. The van der Waals surface area contributed by atoms with Gasteiger partial charge in [-0.3, -0.25) is 0 Å². The molecule has 3 N–H and O–H groups in total. The van der Waals surface area contributed by atoms with E-state index < -0.39 is 11.9 Å². The number of amidine groups is 1. The normalized spacial score (nSPS) is 13.0. The van der Waals surface area contributed by atoms with E-state index in [1.807, 2.05) is 0 Å². The lowest BCUT2D eigenvalue weighted by Crippen LogP contribution is -2.10. The lowest BCUT2D eigenvalue weighted by Gasteiger charge is -1.97. The van der Waals surface area contributed by atoms with Gasteiger partial charge in [-0.1, -0.05) is 6.58 Å². The Labute approximate surface area is 63.3 Å². The summed E-state index contributed by atoms with van der Waals surface area (Å²) >= 11 is 0. The number of hydrogen-bond acceptors (Lipinski definition) is 2. The Morgan fingerprint density at radius 2 is 2.18 bits per heavy atom. The van der Waals surface area contributed by atoms with Crippen LogP contribution in [-0.2, 0) is 0 Å². The maximum Gasteiger partial charge on any atom is 0.281 e. The second-order valence-electron chi connectivity index (χ2n) is 1.66. The summed E-state index contributed by atoms with van der Waals surface area (Å²) in [7, 11) is 1.46. The first-order valence-electron chi connectivity index (χ1n) is 2.79. The van der Waals surface area contributed by atoms with E-state index >= 15 is 0 Å². The summed E-state index contributed by atoms with van der Waals surface area (Å²) < 4.78 is 23.9. The van der Waals surface area contributed by atoms with Gasteiger partial charge in [0.05, 0.1) is 0 Å². The third kappa shape index (κ3) is 5.07. The highest BCUT2D eigenvalue weighted by Crippen LogP contribution is 1.99. The first kappa shape index (κ1) is 9.61. The van der Waals surface area contributed by atoms with Gasteiger partial charge >= 0.3 is 0 Å². The number of allylic oxidation sites excluding steroid dienone is 2. The zero-order valence-corrected chi connectivity index (χ0v) is 6.06. The van der Waals surface area contributed by atoms with E-state index in [2.05, 4.69) is 22.6 Å². The first-order valence-corrected chi connectivity index (χ1v) is 2.79. The highest BCUT2D eigenvalue weighted by atomic mass is 19.1. The first-order chi connectivity index (χ1) is 5.06. The molecule has 0 atom stereocenters. The number of hydrogen-bond donors (Lipinski definition) is 2. The van der Waals surface area contributed by atoms with Crippen LogP contribution in [0.2, 0.25) is 0 Å². The SMILES string of the molecule is C=C(F)/C=C(\N=C(/N)F)NC. The maximum atomic E-state index is 12.0. The van der Waals surface area contributed by atoms with Crippen LogP contribution in [0.5, 0.6) is 0 Å². The van der Waals surface area contributed by atoms with Crippen LogP contribution < -0.4 is 11.1 Å². The summed E-state index contributed by atoms with van der Waals surface area (Å²) in [5.74, 6) is -0.739. The van der Waals surface area contributed by atoms with Gasteiger partial charge in [-0.05, 0) is 0 Å². The monoisotopic (exact) mass is 161 g/mol. The summed E-state index contributed by atoms with van der Waals surface area (Å²) in [5, 5.41) is 2.42. The molecule has 0 aliphatic carbocycles. The molecule has 62 valence electrons. The Morgan fingerprint density at radius 3 is 2.45 bits per heavy atom. The minimum Gasteiger partial charge on any atom is -0.373 e. The van der Waals surface area contributed by atoms with Crippen LogP contribution in [0.15, 0.2) is 29.3 Å². The van der Waals surface area contributed by atoms with Gasteiger partial charge in [0, 0.05) is 13.1 Å². The van der Waals surface area contributed by atoms with Gasteiger partial charge in [0.25, 0.3) is 6.09 Å². The number of halogens is 2. The Kier molecular flexibility index (Phi) is 3.87. The van der Waals surface area contributed by atoms with Crippen LogP contribution in [0.25, 0.3) is 0 Å². The summed E-state index contributed by atoms with van der Waals surface area (Å²) in [6, 6.07) is 0. The molecule has 0 saturated carbocycles. The van der Waals surface area contributed by atoms with E-state index in [9.17, 15) is 8.78 Å². The van der Waals surface area contributed by atoms with Crippen LogP contribution in [-0.4, -0.2) is 13.1 Å². The van der Waals surface area contributed by atoms with Crippen molar-refractivity contribution in [2.24, 2.45) is 10.7 Å². The summed E-state index contributed by atoms with van der Waals surface area (Å²) in [6.07, 6.45) is -0.209. The van der Waals surface area contributed by atoms with Gasteiger partial charge in [-0.25, -0.2) is 4.39 Å². The van der Waals surface area contributed by atoms with Crippen molar-refractivity contribution in [3.05, 3.63) is 24.3 Å². The second-order valence-corrected chi connectivity index (χ2v) is 1.66. The van der Waals surface area contributed by atoms with Crippen LogP contribution >= 0.6 is 0 Å². The third-order valence-electron chi connectivity index (χ3n) is 0.777. The zero-order chi connectivity index (χ0) is 8.85. The summed E-state index contributed by atoms with van der Waals surface area (Å²) in [5.41, 5.74) is 4.59. The number of nitrogens with one attached hydrogen (secondary N) is 1. The Morgan fingerprint density at radius 1 is 1.64 bits per heavy atom. The molecule has 5 heteroatoms. The van der Waals surface area contributed by atoms with Crippen LogP contribution in [0.1, 0.15) is 0 Å². The van der Waals surface area contributed by atoms with Crippen LogP contribution in [0.3, 0.4) is 0 Å². The van der Waals surface area contributed by atoms with E-state index in [1.165, 1.54) is 7.05 Å². The maximum absolute atomic E-state index is 12.0. The smallest absolute Gasteiger partial charge is 0.281 e. The summed E-state index contributed by atoms with van der Waals surface area (Å²) in [4.78, 5) is 3.11. The lowest BCUT2D eigenvalue weighted by atomic mass is 10.5. The predicted molar refractivity (Wildman–Crippen MR) is 40.1 cm³/mol. The largest absolute Gasteiger partial charge is 0.373 e. The van der Waals surface area contributed by atoms with Crippen molar-refractivity contribution >= 4 is 6.09 Å². The summed E-state index contributed by atoms with van der Waals surface area (Å²) in [6.45, 7) is 2.93. The quantitative estimate of drug-likeness (QED) is 0.278. The molecule has 0 rings (SSSR count). The molecule has 0 bridgehead atoms. The molecule has 0 aromatic carbocycles. The van der Waals surface area contributed by atoms with E-state index in [0.29, 0.717) is 0 Å². The minimum absolute atomic E-state index is 0.0162. The molecular weight excluding hydrogens is 152 g/mol. The van der Waals surface area contributed by atoms with Crippen molar-refractivity contribution < 1.29 is 8.78 Å². The number of nitrogens with zero attached hydrogens (tertiary/aromatic N) is 1. The third-order valence-corrected chi connectivity index (χ3v) is 0.777. The highest BCUT2D eigenvalue weighted by molar-refractivity contribution is 5.71. The Hall–Kier alpha value is -1.39. The number of aliphatic imine (C=N–C) groups is 1. The minimum atomic E-state index is -1.13. The lowest BCUT2D eigenvalue weighted by molar-refractivity contribution is 0.666. The average molecular weight is 161 g/mol. The Balaban J connectivity index is 4.41. The van der Waals surface area contributed by atoms with Gasteiger partial charge in [-0.15, -0.1) is 0 Å². The molecule has 0 amide bonds. The van der Waals surface area contributed by atoms with Crippen LogP contribution in [0, 0.1) is 0 Å². The molecule has 0 aliphatic rings. The molecule has 11 heavy (non-hydrogen) atoms. The van der Waals surface area contributed by atoms with Gasteiger partial charge < -0.3 is 11.1 Å². The van der Waals surface area contributed by atoms with E-state index in [1.54, 1.807) is 0 Å².